The molecule has 9 heteroatoms. The molecule has 128 valence electrons. The Morgan fingerprint density at radius 2 is 2.09 bits per heavy atom. The lowest BCUT2D eigenvalue weighted by Gasteiger charge is -2.27. The third-order valence-corrected chi connectivity index (χ3v) is 3.62. The lowest BCUT2D eigenvalue weighted by molar-refractivity contribution is -0.385. The smallest absolute Gasteiger partial charge is 0.285 e. The number of piperazine rings is 1. The number of carbonyl (C=O) groups excluding carboxylic acids is 1. The van der Waals surface area contributed by atoms with Crippen molar-refractivity contribution in [3.05, 3.63) is 39.2 Å². The van der Waals surface area contributed by atoms with Crippen LogP contribution >= 0.6 is 12.4 Å². The van der Waals surface area contributed by atoms with Crippen molar-refractivity contribution in [3.8, 4) is 0 Å². The first kappa shape index (κ1) is 19.3. The van der Waals surface area contributed by atoms with Crippen LogP contribution in [0, 0.1) is 22.9 Å². The average molecular weight is 347 g/mol. The average Bonchev–Trinajstić information content (AvgIpc) is 2.46. The van der Waals surface area contributed by atoms with Crippen LogP contribution in [0.4, 0.5) is 10.1 Å². The van der Waals surface area contributed by atoms with E-state index in [1.807, 2.05) is 0 Å². The van der Waals surface area contributed by atoms with Gasteiger partial charge in [0.1, 0.15) is 11.4 Å². The minimum atomic E-state index is -0.657. The highest BCUT2D eigenvalue weighted by atomic mass is 35.5. The second-order valence-corrected chi connectivity index (χ2v) is 5.22. The molecular formula is C14H20ClFN4O3. The van der Waals surface area contributed by atoms with Gasteiger partial charge in [0.15, 0.2) is 0 Å². The molecule has 0 aliphatic carbocycles. The van der Waals surface area contributed by atoms with E-state index in [2.05, 4.69) is 15.5 Å². The minimum absolute atomic E-state index is 0. The van der Waals surface area contributed by atoms with Crippen molar-refractivity contribution >= 4 is 24.0 Å². The van der Waals surface area contributed by atoms with E-state index < -0.39 is 16.6 Å². The molecule has 23 heavy (non-hydrogen) atoms. The van der Waals surface area contributed by atoms with Gasteiger partial charge in [0.2, 0.25) is 0 Å². The maximum absolute atomic E-state index is 13.4. The molecule has 2 N–H and O–H groups in total. The lowest BCUT2D eigenvalue weighted by atomic mass is 10.1. The maximum Gasteiger partial charge on any atom is 0.285 e. The molecule has 2 rings (SSSR count). The van der Waals surface area contributed by atoms with Crippen LogP contribution in [0.5, 0.6) is 0 Å². The van der Waals surface area contributed by atoms with Crippen LogP contribution in [0.1, 0.15) is 15.9 Å². The van der Waals surface area contributed by atoms with E-state index >= 15 is 0 Å². The molecule has 1 heterocycles. The molecule has 0 saturated carbocycles. The van der Waals surface area contributed by atoms with Crippen molar-refractivity contribution in [2.45, 2.75) is 6.92 Å². The normalized spacial score (nSPS) is 14.9. The van der Waals surface area contributed by atoms with Gasteiger partial charge in [-0.25, -0.2) is 4.39 Å². The number of carbonyl (C=O) groups is 1. The number of aryl methyl sites for hydroxylation is 1. The fourth-order valence-electron chi connectivity index (χ4n) is 2.51. The van der Waals surface area contributed by atoms with E-state index in [4.69, 9.17) is 0 Å². The molecule has 0 atom stereocenters. The molecule has 1 aromatic rings. The van der Waals surface area contributed by atoms with Gasteiger partial charge in [0, 0.05) is 44.8 Å². The molecule has 1 aliphatic rings. The highest BCUT2D eigenvalue weighted by molar-refractivity contribution is 5.98. The van der Waals surface area contributed by atoms with Gasteiger partial charge < -0.3 is 10.6 Å². The summed E-state index contributed by atoms with van der Waals surface area (Å²) < 4.78 is 13.4. The van der Waals surface area contributed by atoms with Gasteiger partial charge in [0.05, 0.1) is 4.92 Å². The topological polar surface area (TPSA) is 87.5 Å². The summed E-state index contributed by atoms with van der Waals surface area (Å²) in [6.45, 7) is 6.05. The predicted molar refractivity (Wildman–Crippen MR) is 86.7 cm³/mol. The summed E-state index contributed by atoms with van der Waals surface area (Å²) in [6.07, 6.45) is 0. The lowest BCUT2D eigenvalue weighted by Crippen LogP contribution is -2.46. The summed E-state index contributed by atoms with van der Waals surface area (Å²) >= 11 is 0. The van der Waals surface area contributed by atoms with Crippen LogP contribution < -0.4 is 10.6 Å². The van der Waals surface area contributed by atoms with Crippen LogP contribution in [-0.4, -0.2) is 55.0 Å². The summed E-state index contributed by atoms with van der Waals surface area (Å²) in [5.41, 5.74) is -0.443. The fourth-order valence-corrected chi connectivity index (χ4v) is 2.51. The number of rotatable bonds is 5. The third kappa shape index (κ3) is 5.12. The standard InChI is InChI=1S/C14H19FN4O3.ClH/c1-10-8-11(15)9-12(13(10)19(21)22)14(20)17-4-7-18-5-2-16-3-6-18;/h8-9,16H,2-7H2,1H3,(H,17,20);1H. The van der Waals surface area contributed by atoms with Crippen molar-refractivity contribution in [2.24, 2.45) is 0 Å². The molecule has 0 spiro atoms. The van der Waals surface area contributed by atoms with Crippen molar-refractivity contribution in [3.63, 3.8) is 0 Å². The molecule has 0 unspecified atom stereocenters. The second kappa shape index (κ2) is 8.76. The number of amides is 1. The molecule has 0 radical (unpaired) electrons. The monoisotopic (exact) mass is 346 g/mol. The zero-order valence-corrected chi connectivity index (χ0v) is 13.6. The van der Waals surface area contributed by atoms with Crippen LogP contribution in [0.25, 0.3) is 0 Å². The zero-order valence-electron chi connectivity index (χ0n) is 12.8. The summed E-state index contributed by atoms with van der Waals surface area (Å²) in [5, 5.41) is 16.9. The Morgan fingerprint density at radius 1 is 1.43 bits per heavy atom. The van der Waals surface area contributed by atoms with Crippen LogP contribution in [0.3, 0.4) is 0 Å². The highest BCUT2D eigenvalue weighted by Gasteiger charge is 2.24. The molecule has 0 bridgehead atoms. The quantitative estimate of drug-likeness (QED) is 0.616. The van der Waals surface area contributed by atoms with Gasteiger partial charge in [0.25, 0.3) is 11.6 Å². The SMILES string of the molecule is Cc1cc(F)cc(C(=O)NCCN2CCNCC2)c1[N+](=O)[O-].Cl. The Kier molecular flexibility index (Phi) is 7.34. The molecular weight excluding hydrogens is 327 g/mol. The molecule has 7 nitrogen and oxygen atoms in total. The van der Waals surface area contributed by atoms with Crippen molar-refractivity contribution < 1.29 is 14.1 Å². The first-order valence-electron chi connectivity index (χ1n) is 7.15. The van der Waals surface area contributed by atoms with E-state index in [-0.39, 0.29) is 29.2 Å². The summed E-state index contributed by atoms with van der Waals surface area (Å²) in [6, 6.07) is 1.96. The van der Waals surface area contributed by atoms with Crippen LogP contribution in [0.15, 0.2) is 12.1 Å². The van der Waals surface area contributed by atoms with E-state index in [0.717, 1.165) is 38.3 Å². The first-order chi connectivity index (χ1) is 10.5. The highest BCUT2D eigenvalue weighted by Crippen LogP contribution is 2.24. The zero-order chi connectivity index (χ0) is 16.1. The molecule has 1 aromatic carbocycles. The van der Waals surface area contributed by atoms with E-state index in [1.165, 1.54) is 6.92 Å². The summed E-state index contributed by atoms with van der Waals surface area (Å²) in [5.74, 6) is -1.28. The van der Waals surface area contributed by atoms with Gasteiger partial charge in [-0.1, -0.05) is 0 Å². The number of benzene rings is 1. The minimum Gasteiger partial charge on any atom is -0.351 e. The van der Waals surface area contributed by atoms with Crippen LogP contribution in [-0.2, 0) is 0 Å². The molecule has 1 saturated heterocycles. The van der Waals surface area contributed by atoms with Gasteiger partial charge in [-0.15, -0.1) is 12.4 Å². The number of nitrogens with zero attached hydrogens (tertiary/aromatic N) is 2. The molecule has 1 aliphatic heterocycles. The summed E-state index contributed by atoms with van der Waals surface area (Å²) in [7, 11) is 0. The van der Waals surface area contributed by atoms with E-state index in [1.54, 1.807) is 0 Å². The van der Waals surface area contributed by atoms with E-state index in [9.17, 15) is 19.3 Å². The Hall–Kier alpha value is -1.77. The number of nitro groups is 1. The van der Waals surface area contributed by atoms with E-state index in [0.29, 0.717) is 13.1 Å². The number of hydrogen-bond donors (Lipinski definition) is 2. The Bertz CT molecular complexity index is 579. The number of hydrogen-bond acceptors (Lipinski definition) is 5. The van der Waals surface area contributed by atoms with Crippen molar-refractivity contribution in [1.82, 2.24) is 15.5 Å². The predicted octanol–water partition coefficient (Wildman–Crippen LogP) is 1.10. The van der Waals surface area contributed by atoms with Crippen molar-refractivity contribution in [1.29, 1.82) is 0 Å². The maximum atomic E-state index is 13.4. The third-order valence-electron chi connectivity index (χ3n) is 3.62. The van der Waals surface area contributed by atoms with Gasteiger partial charge in [-0.2, -0.15) is 0 Å². The molecule has 1 amide bonds. The van der Waals surface area contributed by atoms with Gasteiger partial charge in [-0.05, 0) is 19.1 Å². The number of nitro benzene ring substituents is 1. The van der Waals surface area contributed by atoms with Crippen LogP contribution in [0.2, 0.25) is 0 Å². The van der Waals surface area contributed by atoms with Gasteiger partial charge in [-0.3, -0.25) is 19.8 Å². The number of nitrogens with one attached hydrogen (secondary N) is 2. The Balaban J connectivity index is 0.00000264. The Labute approximate surface area is 139 Å². The van der Waals surface area contributed by atoms with Gasteiger partial charge >= 0.3 is 0 Å². The van der Waals surface area contributed by atoms with Crippen molar-refractivity contribution in [2.75, 3.05) is 39.3 Å². The largest absolute Gasteiger partial charge is 0.351 e. The Morgan fingerprint density at radius 3 is 2.70 bits per heavy atom. The fraction of sp³-hybridized carbons (Fsp3) is 0.500. The number of halogens is 2. The second-order valence-electron chi connectivity index (χ2n) is 5.22. The molecule has 1 fully saturated rings. The summed E-state index contributed by atoms with van der Waals surface area (Å²) in [4.78, 5) is 24.7. The first-order valence-corrected chi connectivity index (χ1v) is 7.15. The molecule has 0 aromatic heterocycles.